The number of nitrogens with zero attached hydrogens (tertiary/aromatic N) is 1. The highest BCUT2D eigenvalue weighted by atomic mass is 15.1. The molecule has 0 saturated carbocycles. The number of rotatable bonds is 6. The molecule has 1 nitrogen and oxygen atoms in total. The van der Waals surface area contributed by atoms with Crippen LogP contribution in [-0.4, -0.2) is 0 Å². The van der Waals surface area contributed by atoms with E-state index < -0.39 is 0 Å². The molecule has 3 aromatic rings. The van der Waals surface area contributed by atoms with Gasteiger partial charge in [-0.25, -0.2) is 0 Å². The first-order valence-electron chi connectivity index (χ1n) is 10.2. The zero-order valence-electron chi connectivity index (χ0n) is 16.5. The Balaban J connectivity index is 1.64. The van der Waals surface area contributed by atoms with Gasteiger partial charge in [-0.3, -0.25) is 0 Å². The van der Waals surface area contributed by atoms with E-state index in [4.69, 9.17) is 0 Å². The topological polar surface area (TPSA) is 3.24 Å². The summed E-state index contributed by atoms with van der Waals surface area (Å²) in [5.41, 5.74) is 6.29. The Morgan fingerprint density at radius 2 is 1.32 bits per heavy atom. The van der Waals surface area contributed by atoms with Crippen molar-refractivity contribution in [1.82, 2.24) is 0 Å². The third-order valence-electron chi connectivity index (χ3n) is 5.35. The Morgan fingerprint density at radius 1 is 0.750 bits per heavy atom. The van der Waals surface area contributed by atoms with E-state index in [-0.39, 0.29) is 0 Å². The number of anilines is 3. The van der Waals surface area contributed by atoms with Crippen LogP contribution in [0, 0.1) is 5.92 Å². The molecule has 0 N–H and O–H groups in total. The maximum Gasteiger partial charge on any atom is 0.0462 e. The molecule has 0 aliphatic heterocycles. The monoisotopic (exact) mass is 365 g/mol. The summed E-state index contributed by atoms with van der Waals surface area (Å²) >= 11 is 0. The highest BCUT2D eigenvalue weighted by Crippen LogP contribution is 2.36. The first-order chi connectivity index (χ1) is 13.8. The summed E-state index contributed by atoms with van der Waals surface area (Å²) in [6.45, 7) is 2.27. The maximum absolute atomic E-state index is 2.36. The smallest absolute Gasteiger partial charge is 0.0462 e. The van der Waals surface area contributed by atoms with Crippen molar-refractivity contribution < 1.29 is 0 Å². The molecule has 1 heteroatoms. The lowest BCUT2D eigenvalue weighted by Crippen LogP contribution is -2.09. The van der Waals surface area contributed by atoms with Crippen LogP contribution in [0.4, 0.5) is 17.1 Å². The molecule has 0 amide bonds. The molecular weight excluding hydrogens is 338 g/mol. The SMILES string of the molecule is CCCC1C=CC=C(c2ccc(N(c3ccccc3)c3ccccc3)cc2)C1. The van der Waals surface area contributed by atoms with Gasteiger partial charge in [0.1, 0.15) is 0 Å². The van der Waals surface area contributed by atoms with E-state index in [1.807, 2.05) is 0 Å². The second-order valence-electron chi connectivity index (χ2n) is 7.38. The summed E-state index contributed by atoms with van der Waals surface area (Å²) < 4.78 is 0. The molecule has 0 bridgehead atoms. The lowest BCUT2D eigenvalue weighted by atomic mass is 9.87. The van der Waals surface area contributed by atoms with Crippen LogP contribution in [0.1, 0.15) is 31.7 Å². The molecule has 1 aliphatic rings. The quantitative estimate of drug-likeness (QED) is 0.429. The Kier molecular flexibility index (Phi) is 5.72. The summed E-state index contributed by atoms with van der Waals surface area (Å²) in [4.78, 5) is 2.30. The minimum absolute atomic E-state index is 0.676. The summed E-state index contributed by atoms with van der Waals surface area (Å²) in [5.74, 6) is 0.676. The fourth-order valence-electron chi connectivity index (χ4n) is 3.96. The predicted molar refractivity (Wildman–Crippen MR) is 121 cm³/mol. The van der Waals surface area contributed by atoms with Crippen LogP contribution in [0.15, 0.2) is 103 Å². The van der Waals surface area contributed by atoms with E-state index in [2.05, 4.69) is 115 Å². The van der Waals surface area contributed by atoms with E-state index >= 15 is 0 Å². The molecule has 1 aliphatic carbocycles. The second-order valence-corrected chi connectivity index (χ2v) is 7.38. The highest BCUT2D eigenvalue weighted by molar-refractivity contribution is 5.78. The van der Waals surface area contributed by atoms with Gasteiger partial charge in [0.2, 0.25) is 0 Å². The fourth-order valence-corrected chi connectivity index (χ4v) is 3.96. The standard InChI is InChI=1S/C27H27N/c1-2-10-22-11-9-12-24(21-22)23-17-19-27(20-18-23)28(25-13-5-3-6-14-25)26-15-7-4-8-16-26/h3-9,11-20,22H,2,10,21H2,1H3. The van der Waals surface area contributed by atoms with Gasteiger partial charge in [0, 0.05) is 17.1 Å². The van der Waals surface area contributed by atoms with Crippen LogP contribution in [0.3, 0.4) is 0 Å². The molecule has 140 valence electrons. The molecule has 1 unspecified atom stereocenters. The van der Waals surface area contributed by atoms with Crippen LogP contribution in [0.5, 0.6) is 0 Å². The first-order valence-corrected chi connectivity index (χ1v) is 10.2. The van der Waals surface area contributed by atoms with E-state index in [1.165, 1.54) is 41.0 Å². The largest absolute Gasteiger partial charge is 0.311 e. The predicted octanol–water partition coefficient (Wildman–Crippen LogP) is 7.92. The second kappa shape index (κ2) is 8.75. The summed E-state index contributed by atoms with van der Waals surface area (Å²) in [5, 5.41) is 0. The van der Waals surface area contributed by atoms with Crippen LogP contribution >= 0.6 is 0 Å². The Labute approximate surface area is 168 Å². The molecular formula is C27H27N. The van der Waals surface area contributed by atoms with Gasteiger partial charge in [-0.2, -0.15) is 0 Å². The van der Waals surface area contributed by atoms with Crippen LogP contribution in [0.2, 0.25) is 0 Å². The molecule has 4 rings (SSSR count). The van der Waals surface area contributed by atoms with Crippen LogP contribution in [0.25, 0.3) is 5.57 Å². The Morgan fingerprint density at radius 3 is 1.89 bits per heavy atom. The average molecular weight is 366 g/mol. The molecule has 3 aromatic carbocycles. The third kappa shape index (κ3) is 4.09. The van der Waals surface area contributed by atoms with Crippen LogP contribution in [-0.2, 0) is 0 Å². The molecule has 0 saturated heterocycles. The van der Waals surface area contributed by atoms with Crippen molar-refractivity contribution in [3.05, 3.63) is 109 Å². The number of benzene rings is 3. The van der Waals surface area contributed by atoms with Gasteiger partial charge < -0.3 is 4.90 Å². The molecule has 0 fully saturated rings. The van der Waals surface area contributed by atoms with Crippen molar-refractivity contribution in [1.29, 1.82) is 0 Å². The summed E-state index contributed by atoms with van der Waals surface area (Å²) in [6, 6.07) is 30.1. The van der Waals surface area contributed by atoms with Crippen molar-refractivity contribution in [3.63, 3.8) is 0 Å². The van der Waals surface area contributed by atoms with E-state index in [0.29, 0.717) is 5.92 Å². The van der Waals surface area contributed by atoms with Crippen molar-refractivity contribution in [2.75, 3.05) is 4.90 Å². The number of allylic oxidation sites excluding steroid dienone is 4. The van der Waals surface area contributed by atoms with Gasteiger partial charge >= 0.3 is 0 Å². The maximum atomic E-state index is 2.36. The van der Waals surface area contributed by atoms with E-state index in [0.717, 1.165) is 6.42 Å². The van der Waals surface area contributed by atoms with Gasteiger partial charge in [-0.1, -0.05) is 80.1 Å². The van der Waals surface area contributed by atoms with Gasteiger partial charge in [-0.15, -0.1) is 0 Å². The van der Waals surface area contributed by atoms with E-state index in [9.17, 15) is 0 Å². The molecule has 0 spiro atoms. The number of para-hydroxylation sites is 2. The van der Waals surface area contributed by atoms with Crippen molar-refractivity contribution in [3.8, 4) is 0 Å². The Bertz CT molecular complexity index is 897. The van der Waals surface area contributed by atoms with Gasteiger partial charge in [0.05, 0.1) is 0 Å². The summed E-state index contributed by atoms with van der Waals surface area (Å²) in [6.07, 6.45) is 10.5. The molecule has 28 heavy (non-hydrogen) atoms. The molecule has 0 radical (unpaired) electrons. The molecule has 1 atom stereocenters. The number of hydrogen-bond donors (Lipinski definition) is 0. The lowest BCUT2D eigenvalue weighted by Gasteiger charge is -2.26. The van der Waals surface area contributed by atoms with Crippen molar-refractivity contribution >= 4 is 22.6 Å². The van der Waals surface area contributed by atoms with Gasteiger partial charge in [-0.05, 0) is 66.3 Å². The molecule has 0 heterocycles. The van der Waals surface area contributed by atoms with Crippen molar-refractivity contribution in [2.45, 2.75) is 26.2 Å². The average Bonchev–Trinajstić information content (AvgIpc) is 2.76. The zero-order valence-corrected chi connectivity index (χ0v) is 16.5. The minimum Gasteiger partial charge on any atom is -0.311 e. The van der Waals surface area contributed by atoms with Gasteiger partial charge in [0.15, 0.2) is 0 Å². The normalized spacial score (nSPS) is 15.9. The minimum atomic E-state index is 0.676. The zero-order chi connectivity index (χ0) is 19.2. The van der Waals surface area contributed by atoms with Gasteiger partial charge in [0.25, 0.3) is 0 Å². The molecule has 0 aromatic heterocycles. The fraction of sp³-hybridized carbons (Fsp3) is 0.185. The lowest BCUT2D eigenvalue weighted by molar-refractivity contribution is 0.591. The van der Waals surface area contributed by atoms with E-state index in [1.54, 1.807) is 0 Å². The number of hydrogen-bond acceptors (Lipinski definition) is 1. The third-order valence-corrected chi connectivity index (χ3v) is 5.35. The van der Waals surface area contributed by atoms with Crippen molar-refractivity contribution in [2.24, 2.45) is 5.92 Å². The summed E-state index contributed by atoms with van der Waals surface area (Å²) in [7, 11) is 0. The Hall–Kier alpha value is -3.06. The first kappa shape index (κ1) is 18.3. The van der Waals surface area contributed by atoms with Crippen LogP contribution < -0.4 is 4.90 Å². The highest BCUT2D eigenvalue weighted by Gasteiger charge is 2.14.